The fourth-order valence-corrected chi connectivity index (χ4v) is 3.12. The van der Waals surface area contributed by atoms with Gasteiger partial charge in [0.1, 0.15) is 11.8 Å². The number of anilines is 1. The Hall–Kier alpha value is -2.44. The van der Waals surface area contributed by atoms with Crippen LogP contribution < -0.4 is 5.32 Å². The van der Waals surface area contributed by atoms with Crippen molar-refractivity contribution in [2.45, 2.75) is 37.8 Å². The van der Waals surface area contributed by atoms with E-state index in [1.165, 1.54) is 12.8 Å². The summed E-state index contributed by atoms with van der Waals surface area (Å²) in [5.74, 6) is 0.821. The fraction of sp³-hybridized carbons (Fsp3) is 0.429. The van der Waals surface area contributed by atoms with Crippen LogP contribution in [0.5, 0.6) is 0 Å². The van der Waals surface area contributed by atoms with E-state index < -0.39 is 0 Å². The van der Waals surface area contributed by atoms with Gasteiger partial charge in [-0.1, -0.05) is 12.8 Å². The Morgan fingerprint density at radius 3 is 3.05 bits per heavy atom. The van der Waals surface area contributed by atoms with Crippen LogP contribution in [-0.2, 0) is 0 Å². The number of hydrogen-bond acceptors (Lipinski definition) is 5. The van der Waals surface area contributed by atoms with E-state index in [0.717, 1.165) is 24.2 Å². The highest BCUT2D eigenvalue weighted by Gasteiger charge is 2.27. The first-order chi connectivity index (χ1) is 10.4. The standard InChI is InChI=1S/C14H17N7/c1-2-5-11(21-7-3-6-19-21)10(4-1)20-14-12-13(16-8-15-12)17-9-18-14/h3,6-11H,1-2,4-5H2,(H2,15,16,17,18,20)/t10-,11+/m1/s1. The number of nitrogens with zero attached hydrogens (tertiary/aromatic N) is 5. The van der Waals surface area contributed by atoms with E-state index in [4.69, 9.17) is 0 Å². The predicted octanol–water partition coefficient (Wildman–Crippen LogP) is 2.15. The molecule has 1 aliphatic rings. The summed E-state index contributed by atoms with van der Waals surface area (Å²) in [6.45, 7) is 0. The second-order valence-corrected chi connectivity index (χ2v) is 5.41. The summed E-state index contributed by atoms with van der Waals surface area (Å²) in [5.41, 5.74) is 1.56. The molecule has 108 valence electrons. The van der Waals surface area contributed by atoms with Crippen LogP contribution in [0.1, 0.15) is 31.7 Å². The normalized spacial score (nSPS) is 22.5. The number of hydrogen-bond donors (Lipinski definition) is 2. The Bertz CT molecular complexity index is 718. The molecule has 21 heavy (non-hydrogen) atoms. The summed E-state index contributed by atoms with van der Waals surface area (Å²) >= 11 is 0. The summed E-state index contributed by atoms with van der Waals surface area (Å²) in [7, 11) is 0. The molecule has 7 heteroatoms. The van der Waals surface area contributed by atoms with Gasteiger partial charge >= 0.3 is 0 Å². The smallest absolute Gasteiger partial charge is 0.182 e. The molecule has 3 aromatic rings. The second kappa shape index (κ2) is 5.16. The number of fused-ring (bicyclic) bond motifs is 1. The SMILES string of the molecule is c1cnn([C@H]2CCCC[C@H]2Nc2ncnc3nc[nH]c23)c1. The van der Waals surface area contributed by atoms with Crippen molar-refractivity contribution < 1.29 is 0 Å². The van der Waals surface area contributed by atoms with E-state index >= 15 is 0 Å². The van der Waals surface area contributed by atoms with E-state index in [0.29, 0.717) is 17.7 Å². The van der Waals surface area contributed by atoms with Crippen molar-refractivity contribution in [1.82, 2.24) is 29.7 Å². The van der Waals surface area contributed by atoms with Crippen molar-refractivity contribution in [3.63, 3.8) is 0 Å². The average molecular weight is 283 g/mol. The molecular formula is C14H17N7. The highest BCUT2D eigenvalue weighted by atomic mass is 15.3. The molecule has 7 nitrogen and oxygen atoms in total. The molecule has 1 aliphatic carbocycles. The lowest BCUT2D eigenvalue weighted by molar-refractivity contribution is 0.301. The van der Waals surface area contributed by atoms with Crippen molar-refractivity contribution in [3.05, 3.63) is 31.1 Å². The number of imidazole rings is 1. The lowest BCUT2D eigenvalue weighted by atomic mass is 9.90. The van der Waals surface area contributed by atoms with Crippen molar-refractivity contribution in [2.75, 3.05) is 5.32 Å². The molecule has 0 spiro atoms. The average Bonchev–Trinajstić information content (AvgIpc) is 3.20. The molecular weight excluding hydrogens is 266 g/mol. The number of H-pyrrole nitrogens is 1. The fourth-order valence-electron chi connectivity index (χ4n) is 3.12. The first-order valence-electron chi connectivity index (χ1n) is 7.31. The van der Waals surface area contributed by atoms with Gasteiger partial charge in [0.05, 0.1) is 18.4 Å². The number of aromatic amines is 1. The van der Waals surface area contributed by atoms with Gasteiger partial charge in [-0.3, -0.25) is 4.68 Å². The molecule has 1 saturated carbocycles. The highest BCUT2D eigenvalue weighted by Crippen LogP contribution is 2.31. The molecule has 0 bridgehead atoms. The van der Waals surface area contributed by atoms with Gasteiger partial charge in [-0.05, 0) is 18.9 Å². The van der Waals surface area contributed by atoms with Crippen molar-refractivity contribution in [3.8, 4) is 0 Å². The minimum Gasteiger partial charge on any atom is -0.363 e. The minimum absolute atomic E-state index is 0.319. The minimum atomic E-state index is 0.319. The third kappa shape index (κ3) is 2.24. The second-order valence-electron chi connectivity index (χ2n) is 5.41. The van der Waals surface area contributed by atoms with Crippen LogP contribution in [0.2, 0.25) is 0 Å². The molecule has 3 heterocycles. The molecule has 3 aromatic heterocycles. The van der Waals surface area contributed by atoms with Crippen LogP contribution in [0, 0.1) is 0 Å². The van der Waals surface area contributed by atoms with E-state index in [9.17, 15) is 0 Å². The van der Waals surface area contributed by atoms with Gasteiger partial charge in [-0.25, -0.2) is 15.0 Å². The largest absolute Gasteiger partial charge is 0.363 e. The van der Waals surface area contributed by atoms with Crippen LogP contribution in [0.4, 0.5) is 5.82 Å². The zero-order valence-electron chi connectivity index (χ0n) is 11.6. The quantitative estimate of drug-likeness (QED) is 0.769. The zero-order valence-corrected chi connectivity index (χ0v) is 11.6. The zero-order chi connectivity index (χ0) is 14.1. The van der Waals surface area contributed by atoms with Gasteiger partial charge in [0.25, 0.3) is 0 Å². The molecule has 2 N–H and O–H groups in total. The van der Waals surface area contributed by atoms with Gasteiger partial charge < -0.3 is 10.3 Å². The lowest BCUT2D eigenvalue weighted by Gasteiger charge is -2.32. The monoisotopic (exact) mass is 283 g/mol. The molecule has 0 aromatic carbocycles. The molecule has 0 saturated heterocycles. The summed E-state index contributed by atoms with van der Waals surface area (Å²) < 4.78 is 2.06. The van der Waals surface area contributed by atoms with E-state index in [1.54, 1.807) is 12.7 Å². The van der Waals surface area contributed by atoms with Crippen LogP contribution in [0.15, 0.2) is 31.1 Å². The lowest BCUT2D eigenvalue weighted by Crippen LogP contribution is -2.34. The van der Waals surface area contributed by atoms with Crippen LogP contribution in [0.3, 0.4) is 0 Å². The van der Waals surface area contributed by atoms with Crippen LogP contribution in [0.25, 0.3) is 11.2 Å². The first kappa shape index (κ1) is 12.3. The van der Waals surface area contributed by atoms with Crippen LogP contribution >= 0.6 is 0 Å². The molecule has 0 radical (unpaired) electrons. The van der Waals surface area contributed by atoms with Crippen molar-refractivity contribution in [1.29, 1.82) is 0 Å². The third-order valence-electron chi connectivity index (χ3n) is 4.14. The highest BCUT2D eigenvalue weighted by molar-refractivity contribution is 5.82. The maximum Gasteiger partial charge on any atom is 0.182 e. The molecule has 4 rings (SSSR count). The summed E-state index contributed by atoms with van der Waals surface area (Å²) in [4.78, 5) is 15.8. The van der Waals surface area contributed by atoms with Crippen LogP contribution in [-0.4, -0.2) is 35.8 Å². The van der Waals surface area contributed by atoms with E-state index in [2.05, 4.69) is 35.0 Å². The summed E-state index contributed by atoms with van der Waals surface area (Å²) in [6, 6.07) is 2.66. The Morgan fingerprint density at radius 1 is 1.19 bits per heavy atom. The van der Waals surface area contributed by atoms with Gasteiger partial charge in [0.2, 0.25) is 0 Å². The summed E-state index contributed by atoms with van der Waals surface area (Å²) in [6.07, 6.45) is 11.8. The molecule has 0 amide bonds. The Morgan fingerprint density at radius 2 is 2.14 bits per heavy atom. The third-order valence-corrected chi connectivity index (χ3v) is 4.14. The molecule has 2 atom stereocenters. The predicted molar refractivity (Wildman–Crippen MR) is 78.8 cm³/mol. The number of rotatable bonds is 3. The Kier molecular flexibility index (Phi) is 3.02. The van der Waals surface area contributed by atoms with Crippen molar-refractivity contribution in [2.24, 2.45) is 0 Å². The topological polar surface area (TPSA) is 84.3 Å². The van der Waals surface area contributed by atoms with E-state index in [1.807, 2.05) is 18.5 Å². The van der Waals surface area contributed by atoms with Gasteiger partial charge in [-0.15, -0.1) is 0 Å². The molecule has 0 unspecified atom stereocenters. The summed E-state index contributed by atoms with van der Waals surface area (Å²) in [5, 5.41) is 7.97. The maximum atomic E-state index is 4.41. The van der Waals surface area contributed by atoms with Gasteiger partial charge in [0, 0.05) is 12.4 Å². The Labute approximate surface area is 121 Å². The van der Waals surface area contributed by atoms with Gasteiger partial charge in [0.15, 0.2) is 11.5 Å². The number of nitrogens with one attached hydrogen (secondary N) is 2. The molecule has 1 fully saturated rings. The van der Waals surface area contributed by atoms with Crippen molar-refractivity contribution >= 4 is 17.0 Å². The van der Waals surface area contributed by atoms with E-state index in [-0.39, 0.29) is 0 Å². The van der Waals surface area contributed by atoms with Gasteiger partial charge in [-0.2, -0.15) is 5.10 Å². The Balaban J connectivity index is 1.64. The first-order valence-corrected chi connectivity index (χ1v) is 7.31. The number of aromatic nitrogens is 6. The maximum absolute atomic E-state index is 4.41. The molecule has 0 aliphatic heterocycles.